The lowest BCUT2D eigenvalue weighted by atomic mass is 9.33. The van der Waals surface area contributed by atoms with E-state index < -0.39 is 0 Å². The third-order valence-corrected chi connectivity index (χ3v) is 19.1. The van der Waals surface area contributed by atoms with Gasteiger partial charge in [0.15, 0.2) is 5.58 Å². The van der Waals surface area contributed by atoms with Crippen LogP contribution in [0.5, 0.6) is 0 Å². The smallest absolute Gasteiger partial charge is 0.252 e. The Bertz CT molecular complexity index is 4550. The highest BCUT2D eigenvalue weighted by atomic mass is 16.3. The van der Waals surface area contributed by atoms with Crippen molar-refractivity contribution in [3.8, 4) is 22.3 Å². The zero-order chi connectivity index (χ0) is 60.3. The predicted octanol–water partition coefficient (Wildman–Crippen LogP) is 20.9. The van der Waals surface area contributed by atoms with E-state index in [1.54, 1.807) is 0 Å². The molecule has 3 aliphatic rings. The lowest BCUT2D eigenvalue weighted by Crippen LogP contribution is -2.61. The van der Waals surface area contributed by atoms with Gasteiger partial charge in [-0.25, -0.2) is 0 Å². The summed E-state index contributed by atoms with van der Waals surface area (Å²) in [5, 5.41) is 2.14. The zero-order valence-corrected chi connectivity index (χ0v) is 53.3. The highest BCUT2D eigenvalue weighted by molar-refractivity contribution is 7.00. The molecule has 0 fully saturated rings. The van der Waals surface area contributed by atoms with E-state index in [9.17, 15) is 0 Å². The number of hydrogen-bond donors (Lipinski definition) is 0. The Labute approximate surface area is 511 Å². The van der Waals surface area contributed by atoms with Crippen molar-refractivity contribution in [1.82, 2.24) is 0 Å². The molecule has 10 aromatic carbocycles. The SMILES string of the molecule is Cc1cc(C)cc(-c2cc3c4c(c2)N(c2ccc(N(c5ccc(C(C)(C)C)cc5)c5ccc6c(c5)C(C)(C)c5ccccc5-6)c5oc6ccccc6c25)c2ccc(C(C)(C)C)cc2B4c2cc(C(C)(C)C)ccc2N3c2ccc(C(C)(C)C)cc2)c1. The molecule has 4 nitrogen and oxygen atoms in total. The highest BCUT2D eigenvalue weighted by Crippen LogP contribution is 2.55. The summed E-state index contributed by atoms with van der Waals surface area (Å²) in [7, 11) is 0. The van der Waals surface area contributed by atoms with Gasteiger partial charge in [-0.15, -0.1) is 0 Å². The molecule has 3 heterocycles. The van der Waals surface area contributed by atoms with Crippen molar-refractivity contribution < 1.29 is 4.42 Å². The van der Waals surface area contributed by atoms with Gasteiger partial charge in [0.1, 0.15) is 5.58 Å². The van der Waals surface area contributed by atoms with E-state index in [1.165, 1.54) is 100 Å². The molecule has 0 amide bonds. The Morgan fingerprint density at radius 1 is 0.419 bits per heavy atom. The molecular formula is C81H80BN3O. The highest BCUT2D eigenvalue weighted by Gasteiger charge is 2.46. The average Bonchev–Trinajstić information content (AvgIpc) is 0.776. The minimum atomic E-state index is -0.195. The number of hydrogen-bond acceptors (Lipinski definition) is 4. The van der Waals surface area contributed by atoms with E-state index in [0.29, 0.717) is 0 Å². The van der Waals surface area contributed by atoms with E-state index in [1.807, 2.05) is 0 Å². The lowest BCUT2D eigenvalue weighted by molar-refractivity contribution is 0.590. The molecule has 0 saturated heterocycles. The Balaban J connectivity index is 1.09. The molecule has 14 rings (SSSR count). The number of furan rings is 1. The molecule has 0 N–H and O–H groups in total. The summed E-state index contributed by atoms with van der Waals surface area (Å²) >= 11 is 0. The molecule has 86 heavy (non-hydrogen) atoms. The summed E-state index contributed by atoms with van der Waals surface area (Å²) in [5.41, 5.74) is 30.7. The van der Waals surface area contributed by atoms with Gasteiger partial charge in [-0.1, -0.05) is 223 Å². The minimum Gasteiger partial charge on any atom is -0.454 e. The number of rotatable bonds is 6. The number of nitrogens with zero attached hydrogens (tertiary/aromatic N) is 3. The largest absolute Gasteiger partial charge is 0.454 e. The molecule has 0 spiro atoms. The zero-order valence-electron chi connectivity index (χ0n) is 53.3. The van der Waals surface area contributed by atoms with Gasteiger partial charge in [0.05, 0.1) is 16.8 Å². The number of fused-ring (bicyclic) bond motifs is 10. The van der Waals surface area contributed by atoms with Crippen LogP contribution in [0.25, 0.3) is 44.2 Å². The number of para-hydroxylation sites is 1. The Hall–Kier alpha value is -8.54. The Morgan fingerprint density at radius 2 is 0.919 bits per heavy atom. The maximum Gasteiger partial charge on any atom is 0.252 e. The molecule has 11 aromatic rings. The summed E-state index contributed by atoms with van der Waals surface area (Å²) in [6.45, 7) is 37.0. The Morgan fingerprint density at radius 3 is 1.53 bits per heavy atom. The van der Waals surface area contributed by atoms with Crippen molar-refractivity contribution in [3.63, 3.8) is 0 Å². The molecule has 1 aromatic heterocycles. The van der Waals surface area contributed by atoms with E-state index in [-0.39, 0.29) is 33.8 Å². The van der Waals surface area contributed by atoms with Gasteiger partial charge in [0, 0.05) is 50.6 Å². The Kier molecular flexibility index (Phi) is 12.4. The molecule has 0 saturated carbocycles. The lowest BCUT2D eigenvalue weighted by Gasteiger charge is -2.45. The summed E-state index contributed by atoms with van der Waals surface area (Å²) in [6, 6.07) is 74.8. The molecule has 0 bridgehead atoms. The maximum absolute atomic E-state index is 7.46. The number of aryl methyl sites for hydroxylation is 2. The van der Waals surface area contributed by atoms with Gasteiger partial charge in [-0.05, 0) is 186 Å². The minimum absolute atomic E-state index is 0.00118. The first-order valence-electron chi connectivity index (χ1n) is 31.1. The average molecular weight is 1120 g/mol. The second-order valence-corrected chi connectivity index (χ2v) is 29.7. The molecule has 1 aliphatic carbocycles. The van der Waals surface area contributed by atoms with E-state index in [4.69, 9.17) is 4.42 Å². The van der Waals surface area contributed by atoms with Crippen LogP contribution < -0.4 is 31.1 Å². The summed E-state index contributed by atoms with van der Waals surface area (Å²) in [5.74, 6) is 0. The first-order valence-corrected chi connectivity index (χ1v) is 31.1. The van der Waals surface area contributed by atoms with Crippen LogP contribution in [-0.4, -0.2) is 6.71 Å². The molecule has 0 unspecified atom stereocenters. The van der Waals surface area contributed by atoms with Crippen molar-refractivity contribution in [3.05, 3.63) is 239 Å². The van der Waals surface area contributed by atoms with Crippen LogP contribution in [0, 0.1) is 13.8 Å². The van der Waals surface area contributed by atoms with Crippen LogP contribution in [0.2, 0.25) is 0 Å². The van der Waals surface area contributed by atoms with E-state index in [0.717, 1.165) is 56.1 Å². The topological polar surface area (TPSA) is 22.9 Å². The fourth-order valence-corrected chi connectivity index (χ4v) is 14.4. The van der Waals surface area contributed by atoms with Crippen molar-refractivity contribution in [2.24, 2.45) is 0 Å². The standard InChI is InChI=1S/C81H80BN3O/c1-49-41-50(2)43-51(42-49)52-44-71-75-72(45-52)85(68-38-30-56(80(12,13)14)47-66(68)82(75)65-46-55(79(9,10)11)29-37-67(65)84(71)58-33-27-54(28-34-58)78(6,7)8)69-39-40-70(76-74(69)62-22-18-20-24-73(62)86-76)83(57-31-25-53(26-32-57)77(3,4)5)59-35-36-61-60-21-17-19-23-63(60)81(15,16)64(61)48-59/h17-48H,1-16H3. The first-order chi connectivity index (χ1) is 40.7. The quantitative estimate of drug-likeness (QED) is 0.155. The van der Waals surface area contributed by atoms with Crippen molar-refractivity contribution in [2.75, 3.05) is 14.7 Å². The van der Waals surface area contributed by atoms with Crippen LogP contribution in [0.4, 0.5) is 51.2 Å². The van der Waals surface area contributed by atoms with Gasteiger partial charge in [-0.3, -0.25) is 0 Å². The molecule has 428 valence electrons. The van der Waals surface area contributed by atoms with Crippen LogP contribution in [0.15, 0.2) is 199 Å². The van der Waals surface area contributed by atoms with E-state index >= 15 is 0 Å². The van der Waals surface area contributed by atoms with Crippen LogP contribution in [0.3, 0.4) is 0 Å². The summed E-state index contributed by atoms with van der Waals surface area (Å²) in [4.78, 5) is 7.65. The van der Waals surface area contributed by atoms with Crippen molar-refractivity contribution in [1.29, 1.82) is 0 Å². The first kappa shape index (κ1) is 55.3. The van der Waals surface area contributed by atoms with Gasteiger partial charge < -0.3 is 19.1 Å². The number of benzene rings is 10. The van der Waals surface area contributed by atoms with Crippen molar-refractivity contribution >= 4 is 96.2 Å². The molecular weight excluding hydrogens is 1040 g/mol. The second-order valence-electron chi connectivity index (χ2n) is 29.7. The van der Waals surface area contributed by atoms with Gasteiger partial charge in [-0.2, -0.15) is 0 Å². The summed E-state index contributed by atoms with van der Waals surface area (Å²) in [6.07, 6.45) is 0. The molecule has 2 aliphatic heterocycles. The molecule has 0 radical (unpaired) electrons. The van der Waals surface area contributed by atoms with Gasteiger partial charge in [0.2, 0.25) is 0 Å². The third-order valence-electron chi connectivity index (χ3n) is 19.1. The predicted molar refractivity (Wildman–Crippen MR) is 370 cm³/mol. The maximum atomic E-state index is 7.46. The normalized spacial score (nSPS) is 14.3. The number of anilines is 9. The monoisotopic (exact) mass is 1120 g/mol. The summed E-state index contributed by atoms with van der Waals surface area (Å²) < 4.78 is 7.46. The van der Waals surface area contributed by atoms with Crippen LogP contribution in [-0.2, 0) is 27.1 Å². The fraction of sp³-hybridized carbons (Fsp3) is 0.259. The second kappa shape index (κ2) is 19.2. The molecule has 0 atom stereocenters. The van der Waals surface area contributed by atoms with Crippen molar-refractivity contribution in [2.45, 2.75) is 138 Å². The van der Waals surface area contributed by atoms with Gasteiger partial charge in [0.25, 0.3) is 6.71 Å². The third kappa shape index (κ3) is 8.85. The molecule has 5 heteroatoms. The van der Waals surface area contributed by atoms with Gasteiger partial charge >= 0.3 is 0 Å². The van der Waals surface area contributed by atoms with Crippen LogP contribution >= 0.6 is 0 Å². The van der Waals surface area contributed by atoms with Crippen LogP contribution in [0.1, 0.15) is 141 Å². The fourth-order valence-electron chi connectivity index (χ4n) is 14.4. The van der Waals surface area contributed by atoms with E-state index in [2.05, 4.69) is 320 Å².